The third kappa shape index (κ3) is 3.45. The Morgan fingerprint density at radius 3 is 2.93 bits per heavy atom. The van der Waals surface area contributed by atoms with Crippen LogP contribution in [0.4, 0.5) is 5.69 Å². The molecule has 1 aromatic carbocycles. The average Bonchev–Trinajstić information content (AvgIpc) is 3.33. The number of aromatic nitrogens is 4. The first-order valence-electron chi connectivity index (χ1n) is 9.19. The number of pyridine rings is 1. The first-order chi connectivity index (χ1) is 13.7. The van der Waals surface area contributed by atoms with Crippen molar-refractivity contribution < 1.29 is 4.79 Å². The number of fused-ring (bicyclic) bond motifs is 1. The Balaban J connectivity index is 1.56. The van der Waals surface area contributed by atoms with Gasteiger partial charge in [-0.3, -0.25) is 14.3 Å². The van der Waals surface area contributed by atoms with Crippen molar-refractivity contribution in [2.24, 2.45) is 0 Å². The molecule has 1 unspecified atom stereocenters. The van der Waals surface area contributed by atoms with Crippen LogP contribution >= 0.6 is 11.8 Å². The van der Waals surface area contributed by atoms with Gasteiger partial charge in [0.25, 0.3) is 0 Å². The molecule has 142 valence electrons. The average molecular weight is 392 g/mol. The second-order valence-corrected chi connectivity index (χ2v) is 7.88. The lowest BCUT2D eigenvalue weighted by atomic mass is 10.2. The first kappa shape index (κ1) is 18.4. The number of hydrogen-bond donors (Lipinski definition) is 0. The van der Waals surface area contributed by atoms with Crippen LogP contribution in [0.15, 0.2) is 66.6 Å². The largest absolute Gasteiger partial charge is 0.311 e. The smallest absolute Gasteiger partial charge is 0.240 e. The van der Waals surface area contributed by atoms with Gasteiger partial charge in [-0.2, -0.15) is 0 Å². The van der Waals surface area contributed by atoms with E-state index in [1.165, 1.54) is 17.3 Å². The van der Waals surface area contributed by atoms with Gasteiger partial charge >= 0.3 is 0 Å². The van der Waals surface area contributed by atoms with Crippen LogP contribution < -0.4 is 4.90 Å². The molecule has 0 N–H and O–H groups in total. The summed E-state index contributed by atoms with van der Waals surface area (Å²) < 4.78 is 1.97. The molecule has 3 heterocycles. The number of carbonyl (C=O) groups excluding carboxylic acids is 1. The van der Waals surface area contributed by atoms with Gasteiger partial charge in [-0.25, -0.2) is 0 Å². The van der Waals surface area contributed by atoms with E-state index in [9.17, 15) is 4.79 Å². The van der Waals surface area contributed by atoms with E-state index in [1.807, 2.05) is 46.7 Å². The molecule has 0 bridgehead atoms. The molecule has 28 heavy (non-hydrogen) atoms. The van der Waals surface area contributed by atoms with E-state index >= 15 is 0 Å². The molecule has 2 aromatic heterocycles. The Bertz CT molecular complexity index is 1000. The minimum atomic E-state index is -0.277. The zero-order chi connectivity index (χ0) is 19.5. The van der Waals surface area contributed by atoms with Crippen LogP contribution in [0.25, 0.3) is 11.4 Å². The van der Waals surface area contributed by atoms with E-state index in [1.54, 1.807) is 18.5 Å². The molecule has 0 radical (unpaired) electrons. The van der Waals surface area contributed by atoms with Gasteiger partial charge in [-0.15, -0.1) is 16.8 Å². The van der Waals surface area contributed by atoms with E-state index in [4.69, 9.17) is 0 Å². The highest BCUT2D eigenvalue weighted by atomic mass is 32.2. The Morgan fingerprint density at radius 1 is 1.29 bits per heavy atom. The van der Waals surface area contributed by atoms with Crippen molar-refractivity contribution in [3.63, 3.8) is 0 Å². The fourth-order valence-electron chi connectivity index (χ4n) is 3.37. The number of allylic oxidation sites excluding steroid dienone is 1. The summed E-state index contributed by atoms with van der Waals surface area (Å²) >= 11 is 1.43. The maximum absolute atomic E-state index is 13.1. The van der Waals surface area contributed by atoms with Gasteiger partial charge in [0.2, 0.25) is 5.91 Å². The third-order valence-corrected chi connectivity index (χ3v) is 5.80. The number of carbonyl (C=O) groups is 1. The SMILES string of the molecule is C=CCn1c(SC(C)C(=O)N2CCc3ccccc32)nnc1-c1cccnc1. The normalized spacial score (nSPS) is 14.0. The van der Waals surface area contributed by atoms with Crippen LogP contribution in [0.5, 0.6) is 0 Å². The van der Waals surface area contributed by atoms with Crippen molar-refractivity contribution >= 4 is 23.4 Å². The Morgan fingerprint density at radius 2 is 2.14 bits per heavy atom. The number of nitrogens with zero attached hydrogens (tertiary/aromatic N) is 5. The highest BCUT2D eigenvalue weighted by Gasteiger charge is 2.29. The molecule has 0 spiro atoms. The number of anilines is 1. The molecular formula is C21H21N5OS. The molecular weight excluding hydrogens is 370 g/mol. The highest BCUT2D eigenvalue weighted by Crippen LogP contribution is 2.32. The number of thioether (sulfide) groups is 1. The summed E-state index contributed by atoms with van der Waals surface area (Å²) in [6.45, 7) is 7.05. The van der Waals surface area contributed by atoms with E-state index in [-0.39, 0.29) is 11.2 Å². The second kappa shape index (κ2) is 7.98. The predicted octanol–water partition coefficient (Wildman–Crippen LogP) is 3.60. The van der Waals surface area contributed by atoms with Gasteiger partial charge in [0, 0.05) is 36.7 Å². The number of hydrogen-bond acceptors (Lipinski definition) is 5. The van der Waals surface area contributed by atoms with E-state index in [2.05, 4.69) is 27.8 Å². The van der Waals surface area contributed by atoms with Crippen molar-refractivity contribution in [1.29, 1.82) is 0 Å². The second-order valence-electron chi connectivity index (χ2n) is 6.58. The highest BCUT2D eigenvalue weighted by molar-refractivity contribution is 8.00. The van der Waals surface area contributed by atoms with Crippen LogP contribution in [0.3, 0.4) is 0 Å². The quantitative estimate of drug-likeness (QED) is 0.475. The minimum Gasteiger partial charge on any atom is -0.311 e. The summed E-state index contributed by atoms with van der Waals surface area (Å²) in [5.74, 6) is 0.813. The van der Waals surface area contributed by atoms with E-state index in [0.717, 1.165) is 30.0 Å². The molecule has 0 aliphatic carbocycles. The van der Waals surface area contributed by atoms with Crippen molar-refractivity contribution in [3.05, 3.63) is 67.0 Å². The number of para-hydroxylation sites is 1. The van der Waals surface area contributed by atoms with Crippen LogP contribution in [0.1, 0.15) is 12.5 Å². The van der Waals surface area contributed by atoms with Crippen molar-refractivity contribution in [3.8, 4) is 11.4 Å². The van der Waals surface area contributed by atoms with Gasteiger partial charge in [0.1, 0.15) is 0 Å². The van der Waals surface area contributed by atoms with Crippen LogP contribution in [-0.4, -0.2) is 37.5 Å². The van der Waals surface area contributed by atoms with Crippen LogP contribution in [-0.2, 0) is 17.8 Å². The molecule has 0 saturated heterocycles. The third-order valence-electron chi connectivity index (χ3n) is 4.73. The Kier molecular flexibility index (Phi) is 5.25. The lowest BCUT2D eigenvalue weighted by molar-refractivity contribution is -0.117. The minimum absolute atomic E-state index is 0.0889. The lowest BCUT2D eigenvalue weighted by Gasteiger charge is -2.21. The molecule has 4 rings (SSSR count). The molecule has 1 aliphatic rings. The summed E-state index contributed by atoms with van der Waals surface area (Å²) in [5, 5.41) is 9.09. The van der Waals surface area contributed by atoms with Crippen LogP contribution in [0, 0.1) is 0 Å². The molecule has 0 saturated carbocycles. The van der Waals surface area contributed by atoms with Crippen LogP contribution in [0.2, 0.25) is 0 Å². The standard InChI is InChI=1S/C21H21N5OS/c1-3-12-26-19(17-8-6-11-22-14-17)23-24-21(26)28-15(2)20(27)25-13-10-16-7-4-5-9-18(16)25/h3-9,11,14-15H,1,10,12-13H2,2H3. The molecule has 1 aliphatic heterocycles. The topological polar surface area (TPSA) is 63.9 Å². The number of rotatable bonds is 6. The van der Waals surface area contributed by atoms with Crippen molar-refractivity contribution in [1.82, 2.24) is 19.7 Å². The monoisotopic (exact) mass is 391 g/mol. The van der Waals surface area contributed by atoms with Gasteiger partial charge < -0.3 is 4.90 Å². The summed E-state index contributed by atoms with van der Waals surface area (Å²) in [7, 11) is 0. The fraction of sp³-hybridized carbons (Fsp3) is 0.238. The molecule has 1 amide bonds. The predicted molar refractivity (Wildman–Crippen MR) is 111 cm³/mol. The maximum Gasteiger partial charge on any atom is 0.240 e. The van der Waals surface area contributed by atoms with Gasteiger partial charge in [-0.1, -0.05) is 36.0 Å². The van der Waals surface area contributed by atoms with E-state index in [0.29, 0.717) is 11.7 Å². The van der Waals surface area contributed by atoms with Gasteiger partial charge in [0.05, 0.1) is 5.25 Å². The first-order valence-corrected chi connectivity index (χ1v) is 10.1. The zero-order valence-corrected chi connectivity index (χ0v) is 16.5. The molecule has 0 fully saturated rings. The molecule has 3 aromatic rings. The number of benzene rings is 1. The maximum atomic E-state index is 13.1. The van der Waals surface area contributed by atoms with E-state index < -0.39 is 0 Å². The lowest BCUT2D eigenvalue weighted by Crippen LogP contribution is -2.35. The summed E-state index contributed by atoms with van der Waals surface area (Å²) in [4.78, 5) is 19.1. The summed E-state index contributed by atoms with van der Waals surface area (Å²) in [6, 6.07) is 11.9. The fourth-order valence-corrected chi connectivity index (χ4v) is 4.29. The summed E-state index contributed by atoms with van der Waals surface area (Å²) in [5.41, 5.74) is 3.13. The Hall–Kier alpha value is -2.93. The van der Waals surface area contributed by atoms with Gasteiger partial charge in [-0.05, 0) is 37.1 Å². The number of amides is 1. The van der Waals surface area contributed by atoms with Crippen molar-refractivity contribution in [2.45, 2.75) is 30.3 Å². The van der Waals surface area contributed by atoms with Gasteiger partial charge in [0.15, 0.2) is 11.0 Å². The molecule has 1 atom stereocenters. The zero-order valence-electron chi connectivity index (χ0n) is 15.7. The Labute approximate surface area is 168 Å². The van der Waals surface area contributed by atoms with Crippen molar-refractivity contribution in [2.75, 3.05) is 11.4 Å². The molecule has 6 nitrogen and oxygen atoms in total. The molecule has 7 heteroatoms. The summed E-state index contributed by atoms with van der Waals surface area (Å²) in [6.07, 6.45) is 6.18.